The Morgan fingerprint density at radius 2 is 2.00 bits per heavy atom. The summed E-state index contributed by atoms with van der Waals surface area (Å²) in [6, 6.07) is 0. The number of hydrogen-bond donors (Lipinski definition) is 0. The van der Waals surface area contributed by atoms with Gasteiger partial charge < -0.3 is 4.74 Å². The van der Waals surface area contributed by atoms with Gasteiger partial charge in [-0.05, 0) is 6.42 Å². The van der Waals surface area contributed by atoms with Gasteiger partial charge in [-0.15, -0.1) is 0 Å². The molecule has 0 aliphatic rings. The lowest BCUT2D eigenvalue weighted by molar-refractivity contribution is -0.160. The molecule has 0 saturated heterocycles. The van der Waals surface area contributed by atoms with Crippen molar-refractivity contribution in [3.63, 3.8) is 0 Å². The molecule has 0 spiro atoms. The van der Waals surface area contributed by atoms with E-state index in [1.54, 1.807) is 6.92 Å². The van der Waals surface area contributed by atoms with Gasteiger partial charge in [0.2, 0.25) is 0 Å². The molecule has 0 aromatic rings. The van der Waals surface area contributed by atoms with Gasteiger partial charge in [-0.2, -0.15) is 0 Å². The van der Waals surface area contributed by atoms with E-state index in [1.165, 1.54) is 6.92 Å². The Morgan fingerprint density at radius 1 is 1.45 bits per heavy atom. The van der Waals surface area contributed by atoms with Crippen LogP contribution in [0.15, 0.2) is 0 Å². The summed E-state index contributed by atoms with van der Waals surface area (Å²) in [6.45, 7) is 4.98. The zero-order chi connectivity index (χ0) is 8.85. The smallest absolute Gasteiger partial charge is 0.316 e. The fourth-order valence-corrected chi connectivity index (χ4v) is 0.793. The molecule has 0 rings (SSSR count). The maximum Gasteiger partial charge on any atom is 0.316 e. The highest BCUT2D eigenvalue weighted by Crippen LogP contribution is 2.06. The normalized spacial score (nSPS) is 12.3. The van der Waals surface area contributed by atoms with E-state index in [9.17, 15) is 9.59 Å². The minimum Gasteiger partial charge on any atom is -0.393 e. The summed E-state index contributed by atoms with van der Waals surface area (Å²) in [7, 11) is 0. The fourth-order valence-electron chi connectivity index (χ4n) is 0.793. The van der Waals surface area contributed by atoms with Crippen LogP contribution in [0, 0.1) is 5.92 Å². The van der Waals surface area contributed by atoms with Gasteiger partial charge in [0, 0.05) is 6.92 Å². The van der Waals surface area contributed by atoms with Crippen molar-refractivity contribution in [1.82, 2.24) is 0 Å². The lowest BCUT2D eigenvalue weighted by Gasteiger charge is -2.06. The fraction of sp³-hybridized carbons (Fsp3) is 0.750. The zero-order valence-corrected chi connectivity index (χ0v) is 7.22. The molecule has 1 atom stereocenters. The average molecular weight is 158 g/mol. The molecule has 0 amide bonds. The second kappa shape index (κ2) is 4.88. The summed E-state index contributed by atoms with van der Waals surface area (Å²) in [5, 5.41) is 0. The summed E-state index contributed by atoms with van der Waals surface area (Å²) in [5.41, 5.74) is 0. The van der Waals surface area contributed by atoms with Crippen molar-refractivity contribution in [2.24, 2.45) is 5.92 Å². The van der Waals surface area contributed by atoms with Gasteiger partial charge in [0.25, 0.3) is 0 Å². The topological polar surface area (TPSA) is 43.4 Å². The Bertz CT molecular complexity index is 151. The molecule has 0 aromatic carbocycles. The van der Waals surface area contributed by atoms with Gasteiger partial charge >= 0.3 is 11.9 Å². The van der Waals surface area contributed by atoms with Crippen LogP contribution in [0.4, 0.5) is 0 Å². The van der Waals surface area contributed by atoms with E-state index < -0.39 is 11.9 Å². The molecule has 0 aliphatic heterocycles. The van der Waals surface area contributed by atoms with Crippen molar-refractivity contribution >= 4 is 11.9 Å². The van der Waals surface area contributed by atoms with Gasteiger partial charge in [-0.25, -0.2) is 0 Å². The standard InChI is InChI=1S/C8H14O3/c1-4-5-6(2)8(10)11-7(3)9/h6H,4-5H2,1-3H3. The summed E-state index contributed by atoms with van der Waals surface area (Å²) in [6.07, 6.45) is 1.69. The first kappa shape index (κ1) is 10.1. The first-order valence-corrected chi connectivity index (χ1v) is 3.80. The Labute approximate surface area is 66.7 Å². The zero-order valence-electron chi connectivity index (χ0n) is 7.22. The van der Waals surface area contributed by atoms with Crippen LogP contribution >= 0.6 is 0 Å². The maximum absolute atomic E-state index is 10.9. The van der Waals surface area contributed by atoms with Crippen LogP contribution in [0.5, 0.6) is 0 Å². The number of esters is 2. The lowest BCUT2D eigenvalue weighted by atomic mass is 10.1. The summed E-state index contributed by atoms with van der Waals surface area (Å²) < 4.78 is 4.39. The van der Waals surface area contributed by atoms with Crippen molar-refractivity contribution < 1.29 is 14.3 Å². The van der Waals surface area contributed by atoms with Crippen molar-refractivity contribution in [3.05, 3.63) is 0 Å². The van der Waals surface area contributed by atoms with Gasteiger partial charge in [-0.1, -0.05) is 20.3 Å². The molecule has 3 heteroatoms. The van der Waals surface area contributed by atoms with Crippen LogP contribution in [0.1, 0.15) is 33.6 Å². The SMILES string of the molecule is CCCC(C)C(=O)OC(C)=O. The number of carbonyl (C=O) groups excluding carboxylic acids is 2. The summed E-state index contributed by atoms with van der Waals surface area (Å²) in [4.78, 5) is 21.2. The van der Waals surface area contributed by atoms with E-state index >= 15 is 0 Å². The lowest BCUT2D eigenvalue weighted by Crippen LogP contribution is -2.17. The van der Waals surface area contributed by atoms with E-state index in [1.807, 2.05) is 6.92 Å². The van der Waals surface area contributed by atoms with E-state index in [0.717, 1.165) is 12.8 Å². The molecular formula is C8H14O3. The molecule has 0 saturated carbocycles. The van der Waals surface area contributed by atoms with Crippen molar-refractivity contribution in [2.45, 2.75) is 33.6 Å². The minimum atomic E-state index is -0.530. The average Bonchev–Trinajstić information content (AvgIpc) is 1.86. The van der Waals surface area contributed by atoms with Gasteiger partial charge in [0.15, 0.2) is 0 Å². The molecule has 0 aliphatic carbocycles. The molecule has 3 nitrogen and oxygen atoms in total. The van der Waals surface area contributed by atoms with Crippen LogP contribution in [0.3, 0.4) is 0 Å². The van der Waals surface area contributed by atoms with Gasteiger partial charge in [0.05, 0.1) is 5.92 Å². The van der Waals surface area contributed by atoms with Crippen LogP contribution in [-0.2, 0) is 14.3 Å². The summed E-state index contributed by atoms with van der Waals surface area (Å²) >= 11 is 0. The second-order valence-corrected chi connectivity index (χ2v) is 2.60. The molecule has 0 radical (unpaired) electrons. The molecule has 0 fully saturated rings. The van der Waals surface area contributed by atoms with E-state index in [0.29, 0.717) is 0 Å². The van der Waals surface area contributed by atoms with Crippen molar-refractivity contribution in [3.8, 4) is 0 Å². The highest BCUT2D eigenvalue weighted by molar-refractivity contribution is 5.85. The number of hydrogen-bond acceptors (Lipinski definition) is 3. The quantitative estimate of drug-likeness (QED) is 0.462. The molecule has 0 heterocycles. The molecule has 0 bridgehead atoms. The number of ether oxygens (including phenoxy) is 1. The van der Waals surface area contributed by atoms with Crippen LogP contribution in [0.25, 0.3) is 0 Å². The number of carbonyl (C=O) groups is 2. The van der Waals surface area contributed by atoms with Crippen molar-refractivity contribution in [1.29, 1.82) is 0 Å². The largest absolute Gasteiger partial charge is 0.393 e. The van der Waals surface area contributed by atoms with E-state index in [4.69, 9.17) is 0 Å². The first-order valence-electron chi connectivity index (χ1n) is 3.80. The predicted molar refractivity (Wildman–Crippen MR) is 40.8 cm³/mol. The van der Waals surface area contributed by atoms with E-state index in [-0.39, 0.29) is 5.92 Å². The first-order chi connectivity index (χ1) is 5.07. The minimum absolute atomic E-state index is 0.163. The molecular weight excluding hydrogens is 144 g/mol. The Morgan fingerprint density at radius 3 is 2.36 bits per heavy atom. The predicted octanol–water partition coefficient (Wildman–Crippen LogP) is 1.51. The molecule has 11 heavy (non-hydrogen) atoms. The Kier molecular flexibility index (Phi) is 4.50. The second-order valence-electron chi connectivity index (χ2n) is 2.60. The van der Waals surface area contributed by atoms with Crippen LogP contribution < -0.4 is 0 Å². The third kappa shape index (κ3) is 4.53. The molecule has 0 N–H and O–H groups in total. The third-order valence-electron chi connectivity index (χ3n) is 1.37. The molecule has 1 unspecified atom stereocenters. The maximum atomic E-state index is 10.9. The monoisotopic (exact) mass is 158 g/mol. The Hall–Kier alpha value is -0.860. The van der Waals surface area contributed by atoms with Gasteiger partial charge in [-0.3, -0.25) is 9.59 Å². The number of rotatable bonds is 3. The molecule has 0 aromatic heterocycles. The summed E-state index contributed by atoms with van der Waals surface area (Å²) in [5.74, 6) is -1.11. The van der Waals surface area contributed by atoms with Gasteiger partial charge in [0.1, 0.15) is 0 Å². The van der Waals surface area contributed by atoms with E-state index in [2.05, 4.69) is 4.74 Å². The highest BCUT2D eigenvalue weighted by Gasteiger charge is 2.14. The Balaban J connectivity index is 3.73. The van der Waals surface area contributed by atoms with Crippen molar-refractivity contribution in [2.75, 3.05) is 0 Å². The van der Waals surface area contributed by atoms with Crippen LogP contribution in [-0.4, -0.2) is 11.9 Å². The molecule has 64 valence electrons. The third-order valence-corrected chi connectivity index (χ3v) is 1.37. The highest BCUT2D eigenvalue weighted by atomic mass is 16.6. The van der Waals surface area contributed by atoms with Crippen LogP contribution in [0.2, 0.25) is 0 Å².